The van der Waals surface area contributed by atoms with Crippen LogP contribution >= 0.6 is 0 Å². The van der Waals surface area contributed by atoms with E-state index in [-0.39, 0.29) is 30.0 Å². The number of likely N-dealkylation sites (tertiary alicyclic amines) is 1. The van der Waals surface area contributed by atoms with Crippen molar-refractivity contribution in [3.8, 4) is 18.6 Å². The van der Waals surface area contributed by atoms with Crippen LogP contribution in [0.3, 0.4) is 0 Å². The molecule has 53 heavy (non-hydrogen) atoms. The standard InChI is InChI=1S/C23H33N3O4.C7H6F2.C4H10.3C2H6.C2H4.C2H2/c1-29-16-8-9-17-18(14-16)19-15-21(17)30-13-3-2-6-20(26-12-4-7-22(26)27)23(28)25-11-5-10-24-19;1-5-2-6(8)4-7(9)3-5;1-3-4-2;5*1-2/h8-9,14,19-21,24H,2-7,10-13,15H2,1H3,(H,25,28);2-4H,1H3;3-4H2,1-2H3;3*1-2H3;1-2H2;1-2H/t19-,20-,21+;;;;;;;/m0......./s1. The molecule has 2 heterocycles. The maximum absolute atomic E-state index is 12.8. The summed E-state index contributed by atoms with van der Waals surface area (Å²) < 4.78 is 36.0. The predicted octanol–water partition coefficient (Wildman–Crippen LogP) is 10.7. The molecule has 3 aliphatic rings. The third-order valence-corrected chi connectivity index (χ3v) is 8.00. The zero-order chi connectivity index (χ0) is 41.2. The third-order valence-electron chi connectivity index (χ3n) is 8.00. The Kier molecular flexibility index (Phi) is 35.7. The molecule has 0 aromatic heterocycles. The fourth-order valence-electron chi connectivity index (χ4n) is 5.57. The summed E-state index contributed by atoms with van der Waals surface area (Å²) in [5.41, 5.74) is 3.10. The zero-order valence-corrected chi connectivity index (χ0v) is 34.8. The van der Waals surface area contributed by atoms with E-state index in [4.69, 9.17) is 9.47 Å². The smallest absolute Gasteiger partial charge is 0.242 e. The van der Waals surface area contributed by atoms with E-state index in [9.17, 15) is 18.4 Å². The van der Waals surface area contributed by atoms with Gasteiger partial charge in [0.2, 0.25) is 11.8 Å². The monoisotopic (exact) mass is 746 g/mol. The number of terminal acetylenes is 1. The summed E-state index contributed by atoms with van der Waals surface area (Å²) in [6.07, 6.45) is 16.3. The average Bonchev–Trinajstić information content (AvgIpc) is 3.78. The summed E-state index contributed by atoms with van der Waals surface area (Å²) in [7, 11) is 1.69. The van der Waals surface area contributed by atoms with Crippen molar-refractivity contribution >= 4 is 11.8 Å². The lowest BCUT2D eigenvalue weighted by Gasteiger charge is -2.27. The lowest BCUT2D eigenvalue weighted by Crippen LogP contribution is -2.48. The highest BCUT2D eigenvalue weighted by molar-refractivity contribution is 5.88. The highest BCUT2D eigenvalue weighted by Crippen LogP contribution is 2.42. The molecule has 2 bridgehead atoms. The van der Waals surface area contributed by atoms with Crippen LogP contribution in [0.15, 0.2) is 49.6 Å². The largest absolute Gasteiger partial charge is 0.497 e. The maximum atomic E-state index is 12.8. The molecule has 2 saturated heterocycles. The van der Waals surface area contributed by atoms with Crippen LogP contribution in [0.25, 0.3) is 0 Å². The Bertz CT molecular complexity index is 1190. The number of benzene rings is 2. The fraction of sp³-hybridized carbons (Fsp3) is 0.591. The first-order chi connectivity index (χ1) is 25.8. The number of methoxy groups -OCH3 is 1. The Labute approximate surface area is 322 Å². The number of amides is 2. The number of halogens is 2. The summed E-state index contributed by atoms with van der Waals surface area (Å²) in [6.45, 7) is 26.8. The van der Waals surface area contributed by atoms with Gasteiger partial charge in [-0.25, -0.2) is 8.78 Å². The van der Waals surface area contributed by atoms with Crippen molar-refractivity contribution < 1.29 is 27.8 Å². The molecule has 5 rings (SSSR count). The number of hydrogen-bond donors (Lipinski definition) is 2. The number of ether oxygens (including phenoxy) is 2. The van der Waals surface area contributed by atoms with E-state index in [0.717, 1.165) is 50.5 Å². The molecule has 302 valence electrons. The summed E-state index contributed by atoms with van der Waals surface area (Å²) >= 11 is 0. The second kappa shape index (κ2) is 35.3. The van der Waals surface area contributed by atoms with Crippen molar-refractivity contribution in [2.75, 3.05) is 33.4 Å². The van der Waals surface area contributed by atoms with Gasteiger partial charge in [-0.05, 0) is 92.9 Å². The first-order valence-electron chi connectivity index (χ1n) is 19.6. The number of aryl methyl sites for hydroxylation is 1. The average molecular weight is 746 g/mol. The van der Waals surface area contributed by atoms with E-state index < -0.39 is 11.6 Å². The van der Waals surface area contributed by atoms with Crippen LogP contribution in [-0.4, -0.2) is 56.1 Å². The van der Waals surface area contributed by atoms with Crippen molar-refractivity contribution in [3.05, 3.63) is 77.9 Å². The Balaban J connectivity index is -0.000000899. The van der Waals surface area contributed by atoms with E-state index in [1.807, 2.05) is 47.6 Å². The van der Waals surface area contributed by atoms with Crippen LogP contribution in [0.1, 0.15) is 142 Å². The van der Waals surface area contributed by atoms with Crippen LogP contribution in [-0.2, 0) is 14.3 Å². The number of nitrogens with one attached hydrogen (secondary N) is 2. The second-order valence-electron chi connectivity index (χ2n) is 11.4. The zero-order valence-electron chi connectivity index (χ0n) is 34.8. The number of unbranched alkanes of at least 4 members (excludes halogenated alkanes) is 1. The lowest BCUT2D eigenvalue weighted by molar-refractivity contribution is -0.137. The molecule has 0 spiro atoms. The number of fused-ring (bicyclic) bond motifs is 5. The summed E-state index contributed by atoms with van der Waals surface area (Å²) in [6, 6.07) is 9.54. The summed E-state index contributed by atoms with van der Waals surface area (Å²) in [5, 5.41) is 6.68. The topological polar surface area (TPSA) is 79.9 Å². The van der Waals surface area contributed by atoms with Crippen molar-refractivity contribution in [1.82, 2.24) is 15.5 Å². The van der Waals surface area contributed by atoms with Gasteiger partial charge < -0.3 is 25.0 Å². The molecule has 2 aromatic rings. The van der Waals surface area contributed by atoms with Crippen LogP contribution in [0.4, 0.5) is 8.78 Å². The number of hydrogen-bond acceptors (Lipinski definition) is 5. The van der Waals surface area contributed by atoms with Gasteiger partial charge in [0.25, 0.3) is 0 Å². The quantitative estimate of drug-likeness (QED) is 0.242. The fourth-order valence-corrected chi connectivity index (χ4v) is 5.57. The third kappa shape index (κ3) is 20.9. The molecule has 0 radical (unpaired) electrons. The molecule has 0 unspecified atom stereocenters. The van der Waals surface area contributed by atoms with E-state index in [1.165, 1.54) is 36.1 Å². The Morgan fingerprint density at radius 2 is 1.47 bits per heavy atom. The minimum absolute atomic E-state index is 0.0161. The number of carbonyl (C=O) groups excluding carboxylic acids is 2. The molecular formula is C44H73F2N3O4. The van der Waals surface area contributed by atoms with Crippen molar-refractivity contribution in [1.29, 1.82) is 0 Å². The molecule has 7 nitrogen and oxygen atoms in total. The Morgan fingerprint density at radius 3 is 1.98 bits per heavy atom. The van der Waals surface area contributed by atoms with Gasteiger partial charge in [-0.3, -0.25) is 9.59 Å². The van der Waals surface area contributed by atoms with Crippen LogP contribution in [0.2, 0.25) is 0 Å². The number of rotatable bonds is 3. The number of carbonyl (C=O) groups is 2. The molecule has 9 heteroatoms. The SMILES string of the molecule is C#C.C=C.CC.CC.CC.CCCC.COc1ccc2c(c1)[C@@H]1C[C@H]2OCCCC[C@H](N2CCCC2=O)C(=O)NCCCN1.Cc1cc(F)cc(F)c1. The van der Waals surface area contributed by atoms with Crippen molar-refractivity contribution in [3.63, 3.8) is 0 Å². The second-order valence-corrected chi connectivity index (χ2v) is 11.4. The predicted molar refractivity (Wildman–Crippen MR) is 220 cm³/mol. The van der Waals surface area contributed by atoms with Crippen LogP contribution in [0.5, 0.6) is 5.75 Å². The normalized spacial score (nSPS) is 18.8. The molecule has 2 N–H and O–H groups in total. The van der Waals surface area contributed by atoms with Gasteiger partial charge in [0.05, 0.1) is 13.2 Å². The van der Waals surface area contributed by atoms with E-state index in [2.05, 4.69) is 62.6 Å². The molecular weight excluding hydrogens is 672 g/mol. The summed E-state index contributed by atoms with van der Waals surface area (Å²) in [4.78, 5) is 26.7. The minimum atomic E-state index is -0.521. The lowest BCUT2D eigenvalue weighted by atomic mass is 10.1. The summed E-state index contributed by atoms with van der Waals surface area (Å²) in [5.74, 6) is -0.0849. The Morgan fingerprint density at radius 1 is 0.868 bits per heavy atom. The first-order valence-corrected chi connectivity index (χ1v) is 19.6. The minimum Gasteiger partial charge on any atom is -0.497 e. The van der Waals surface area contributed by atoms with E-state index in [1.54, 1.807) is 18.9 Å². The van der Waals surface area contributed by atoms with Crippen molar-refractivity contribution in [2.24, 2.45) is 0 Å². The molecule has 2 aliphatic heterocycles. The molecule has 2 amide bonds. The highest BCUT2D eigenvalue weighted by atomic mass is 19.1. The maximum Gasteiger partial charge on any atom is 0.242 e. The van der Waals surface area contributed by atoms with Gasteiger partial charge in [-0.1, -0.05) is 74.3 Å². The van der Waals surface area contributed by atoms with Gasteiger partial charge in [0.1, 0.15) is 23.4 Å². The highest BCUT2D eigenvalue weighted by Gasteiger charge is 2.34. The Hall–Kier alpha value is -3.74. The van der Waals surface area contributed by atoms with Gasteiger partial charge >= 0.3 is 0 Å². The van der Waals surface area contributed by atoms with Gasteiger partial charge in [0.15, 0.2) is 0 Å². The van der Waals surface area contributed by atoms with E-state index in [0.29, 0.717) is 38.1 Å². The molecule has 3 atom stereocenters. The molecule has 0 saturated carbocycles. The first kappa shape index (κ1) is 53.6. The van der Waals surface area contributed by atoms with Crippen molar-refractivity contribution in [2.45, 2.75) is 138 Å². The van der Waals surface area contributed by atoms with Gasteiger partial charge in [-0.2, -0.15) is 0 Å². The van der Waals surface area contributed by atoms with Gasteiger partial charge in [-0.15, -0.1) is 26.0 Å². The number of nitrogens with zero attached hydrogens (tertiary/aromatic N) is 1. The molecule has 2 aromatic carbocycles. The van der Waals surface area contributed by atoms with Gasteiger partial charge in [0, 0.05) is 38.2 Å². The van der Waals surface area contributed by atoms with Crippen LogP contribution < -0.4 is 15.4 Å². The van der Waals surface area contributed by atoms with Crippen LogP contribution in [0, 0.1) is 31.4 Å². The molecule has 1 aliphatic carbocycles. The van der Waals surface area contributed by atoms with E-state index >= 15 is 0 Å². The molecule has 2 fully saturated rings.